The van der Waals surface area contributed by atoms with Crippen molar-refractivity contribution in [2.75, 3.05) is 0 Å². The monoisotopic (exact) mass is 719 g/mol. The molecule has 0 saturated heterocycles. The average Bonchev–Trinajstić information content (AvgIpc) is 3.65. The van der Waals surface area contributed by atoms with E-state index in [0.717, 1.165) is 27.6 Å². The first-order valence-corrected chi connectivity index (χ1v) is 19.3. The second-order valence-electron chi connectivity index (χ2n) is 13.5. The zero-order valence-corrected chi connectivity index (χ0v) is 30.6. The van der Waals surface area contributed by atoms with Gasteiger partial charge in [-0.1, -0.05) is 182 Å². The number of thiophene rings is 1. The summed E-state index contributed by atoms with van der Waals surface area (Å²) in [4.78, 5) is 15.2. The zero-order chi connectivity index (χ0) is 36.6. The van der Waals surface area contributed by atoms with E-state index in [9.17, 15) is 0 Å². The van der Waals surface area contributed by atoms with Gasteiger partial charge in [0.15, 0.2) is 17.5 Å². The van der Waals surface area contributed by atoms with Crippen LogP contribution >= 0.6 is 11.3 Å². The highest BCUT2D eigenvalue weighted by atomic mass is 32.1. The lowest BCUT2D eigenvalue weighted by atomic mass is 9.86. The summed E-state index contributed by atoms with van der Waals surface area (Å²) in [6.07, 6.45) is 0. The van der Waals surface area contributed by atoms with Crippen molar-refractivity contribution >= 4 is 31.5 Å². The van der Waals surface area contributed by atoms with Crippen LogP contribution in [0.3, 0.4) is 0 Å². The molecule has 0 aliphatic carbocycles. The number of fused-ring (bicyclic) bond motifs is 3. The van der Waals surface area contributed by atoms with Crippen LogP contribution in [0.15, 0.2) is 200 Å². The molecule has 4 heteroatoms. The third-order valence-electron chi connectivity index (χ3n) is 10.2. The van der Waals surface area contributed by atoms with Crippen molar-refractivity contribution in [3.05, 3.63) is 200 Å². The van der Waals surface area contributed by atoms with Crippen molar-refractivity contribution in [1.29, 1.82) is 0 Å². The molecule has 55 heavy (non-hydrogen) atoms. The van der Waals surface area contributed by atoms with Crippen LogP contribution in [0.5, 0.6) is 0 Å². The molecule has 0 spiro atoms. The van der Waals surface area contributed by atoms with Crippen molar-refractivity contribution in [2.45, 2.75) is 0 Å². The molecule has 0 radical (unpaired) electrons. The number of hydrogen-bond acceptors (Lipinski definition) is 4. The standard InChI is InChI=1S/C51H33N3S/c1-4-17-34(18-5-1)38-23-10-12-25-40(38)42-27-14-15-28-43(42)41-26-13-11-24-39(41)37-31-32-46-45(33-37)48-44(29-16-30-47(48)55-46)51-53-49(35-19-6-2-7-20-35)52-50(54-51)36-21-8-3-9-22-36/h1-33H. The van der Waals surface area contributed by atoms with E-state index in [1.54, 1.807) is 11.3 Å². The minimum atomic E-state index is 0.656. The molecule has 0 saturated carbocycles. The van der Waals surface area contributed by atoms with Crippen LogP contribution in [-0.4, -0.2) is 15.0 Å². The van der Waals surface area contributed by atoms with Crippen molar-refractivity contribution in [2.24, 2.45) is 0 Å². The molecule has 2 heterocycles. The molecule has 0 bridgehead atoms. The Morgan fingerprint density at radius 3 is 1.24 bits per heavy atom. The van der Waals surface area contributed by atoms with Gasteiger partial charge in [-0.25, -0.2) is 15.0 Å². The van der Waals surface area contributed by atoms with E-state index in [0.29, 0.717) is 17.5 Å². The quantitative estimate of drug-likeness (QED) is 0.165. The zero-order valence-electron chi connectivity index (χ0n) is 29.8. The molecule has 0 aliphatic heterocycles. The lowest BCUT2D eigenvalue weighted by Gasteiger charge is -2.17. The number of rotatable bonds is 7. The molecule has 0 N–H and O–H groups in total. The lowest BCUT2D eigenvalue weighted by Crippen LogP contribution is -2.00. The van der Waals surface area contributed by atoms with Crippen LogP contribution < -0.4 is 0 Å². The Morgan fingerprint density at radius 1 is 0.273 bits per heavy atom. The van der Waals surface area contributed by atoms with E-state index in [2.05, 4.69) is 164 Å². The van der Waals surface area contributed by atoms with Gasteiger partial charge in [-0.15, -0.1) is 11.3 Å². The summed E-state index contributed by atoms with van der Waals surface area (Å²) in [6, 6.07) is 70.6. The summed E-state index contributed by atoms with van der Waals surface area (Å²) in [6.45, 7) is 0. The topological polar surface area (TPSA) is 38.7 Å². The van der Waals surface area contributed by atoms with Gasteiger partial charge in [0.05, 0.1) is 0 Å². The summed E-state index contributed by atoms with van der Waals surface area (Å²) < 4.78 is 2.42. The summed E-state index contributed by atoms with van der Waals surface area (Å²) in [5.41, 5.74) is 12.5. The van der Waals surface area contributed by atoms with Gasteiger partial charge in [-0.3, -0.25) is 0 Å². The third-order valence-corrected chi connectivity index (χ3v) is 11.3. The molecular formula is C51H33N3S. The Balaban J connectivity index is 1.14. The van der Waals surface area contributed by atoms with Crippen molar-refractivity contribution in [3.63, 3.8) is 0 Å². The maximum absolute atomic E-state index is 5.12. The van der Waals surface area contributed by atoms with Gasteiger partial charge in [0.25, 0.3) is 0 Å². The van der Waals surface area contributed by atoms with Gasteiger partial charge >= 0.3 is 0 Å². The van der Waals surface area contributed by atoms with Gasteiger partial charge in [0, 0.05) is 36.9 Å². The van der Waals surface area contributed by atoms with Crippen LogP contribution in [0.1, 0.15) is 0 Å². The van der Waals surface area contributed by atoms with Crippen LogP contribution in [0.4, 0.5) is 0 Å². The predicted octanol–water partition coefficient (Wildman–Crippen LogP) is 13.9. The van der Waals surface area contributed by atoms with E-state index < -0.39 is 0 Å². The Labute approximate surface area is 323 Å². The van der Waals surface area contributed by atoms with Crippen molar-refractivity contribution < 1.29 is 0 Å². The van der Waals surface area contributed by atoms with Crippen LogP contribution in [-0.2, 0) is 0 Å². The highest BCUT2D eigenvalue weighted by molar-refractivity contribution is 7.26. The van der Waals surface area contributed by atoms with E-state index in [4.69, 9.17) is 15.0 Å². The summed E-state index contributed by atoms with van der Waals surface area (Å²) in [5, 5.41) is 2.34. The third kappa shape index (κ3) is 6.09. The Kier molecular flexibility index (Phi) is 8.36. The molecule has 10 rings (SSSR count). The fourth-order valence-electron chi connectivity index (χ4n) is 7.62. The van der Waals surface area contributed by atoms with Gasteiger partial charge < -0.3 is 0 Å². The molecule has 3 nitrogen and oxygen atoms in total. The van der Waals surface area contributed by atoms with Crippen molar-refractivity contribution in [1.82, 2.24) is 15.0 Å². The number of hydrogen-bond donors (Lipinski definition) is 0. The van der Waals surface area contributed by atoms with Crippen molar-refractivity contribution in [3.8, 4) is 78.7 Å². The first-order chi connectivity index (χ1) is 27.3. The SMILES string of the molecule is c1ccc(-c2nc(-c3ccccc3)nc(-c3cccc4sc5ccc(-c6ccccc6-c6ccccc6-c6ccccc6-c6ccccc6)cc5c34)n2)cc1. The van der Waals surface area contributed by atoms with Gasteiger partial charge in [-0.05, 0) is 62.7 Å². The van der Waals surface area contributed by atoms with Gasteiger partial charge in [0.2, 0.25) is 0 Å². The number of benzene rings is 8. The molecule has 258 valence electrons. The maximum atomic E-state index is 5.12. The van der Waals surface area contributed by atoms with E-state index in [1.807, 2.05) is 36.4 Å². The normalized spacial score (nSPS) is 11.3. The number of nitrogens with zero attached hydrogens (tertiary/aromatic N) is 3. The Morgan fingerprint density at radius 2 is 0.691 bits per heavy atom. The molecule has 10 aromatic rings. The first-order valence-electron chi connectivity index (χ1n) is 18.4. The van der Waals surface area contributed by atoms with Crippen LogP contribution in [0, 0.1) is 0 Å². The van der Waals surface area contributed by atoms with Gasteiger partial charge in [-0.2, -0.15) is 0 Å². The minimum Gasteiger partial charge on any atom is -0.208 e. The molecular weight excluding hydrogens is 687 g/mol. The predicted molar refractivity (Wildman–Crippen MR) is 231 cm³/mol. The second kappa shape index (κ2) is 14.1. The van der Waals surface area contributed by atoms with Crippen LogP contribution in [0.25, 0.3) is 98.8 Å². The Hall–Kier alpha value is -7.01. The van der Waals surface area contributed by atoms with Crippen LogP contribution in [0.2, 0.25) is 0 Å². The molecule has 0 fully saturated rings. The fourth-order valence-corrected chi connectivity index (χ4v) is 8.73. The summed E-state index contributed by atoms with van der Waals surface area (Å²) in [7, 11) is 0. The molecule has 0 amide bonds. The van der Waals surface area contributed by atoms with E-state index >= 15 is 0 Å². The number of aromatic nitrogens is 3. The molecule has 0 atom stereocenters. The summed E-state index contributed by atoms with van der Waals surface area (Å²) >= 11 is 1.80. The average molecular weight is 720 g/mol. The van der Waals surface area contributed by atoms with E-state index in [1.165, 1.54) is 53.7 Å². The summed E-state index contributed by atoms with van der Waals surface area (Å²) in [5.74, 6) is 1.97. The molecule has 0 unspecified atom stereocenters. The Bertz CT molecular complexity index is 2910. The maximum Gasteiger partial charge on any atom is 0.164 e. The smallest absolute Gasteiger partial charge is 0.164 e. The highest BCUT2D eigenvalue weighted by Crippen LogP contribution is 2.45. The van der Waals surface area contributed by atoms with Gasteiger partial charge in [0.1, 0.15) is 0 Å². The largest absolute Gasteiger partial charge is 0.208 e. The second-order valence-corrected chi connectivity index (χ2v) is 14.6. The van der Waals surface area contributed by atoms with E-state index in [-0.39, 0.29) is 0 Å². The molecule has 8 aromatic carbocycles. The minimum absolute atomic E-state index is 0.656. The highest BCUT2D eigenvalue weighted by Gasteiger charge is 2.19. The molecule has 2 aromatic heterocycles. The first kappa shape index (κ1) is 32.6. The lowest BCUT2D eigenvalue weighted by molar-refractivity contribution is 1.08. The fraction of sp³-hybridized carbons (Fsp3) is 0. The molecule has 0 aliphatic rings.